The predicted octanol–water partition coefficient (Wildman–Crippen LogP) is 3.95. The molecule has 22 nitrogen and oxygen atoms in total. The molecule has 25 heteroatoms. The van der Waals surface area contributed by atoms with Crippen LogP contribution >= 0.6 is 23.2 Å². The number of anilines is 4. The summed E-state index contributed by atoms with van der Waals surface area (Å²) in [4.78, 5) is 56.0. The van der Waals surface area contributed by atoms with E-state index >= 15 is 0 Å². The maximum Gasteiger partial charge on any atom is 1.00 e. The maximum absolute atomic E-state index is 12.5. The van der Waals surface area contributed by atoms with Crippen molar-refractivity contribution in [1.29, 1.82) is 0 Å². The number of rotatable bonds is 12. The second-order valence-electron chi connectivity index (χ2n) is 16.5. The van der Waals surface area contributed by atoms with Crippen LogP contribution in [0.2, 0.25) is 10.0 Å². The van der Waals surface area contributed by atoms with Crippen molar-refractivity contribution in [2.75, 3.05) is 10.6 Å². The number of aromatic nitrogens is 14. The fourth-order valence-electron chi connectivity index (χ4n) is 5.50. The monoisotopic (exact) mass is 990 g/mol. The van der Waals surface area contributed by atoms with Crippen LogP contribution in [0.4, 0.5) is 23.5 Å². The number of Topliss-reactive ketones (excluding diaryl/α,β-unsaturated/α-hetero) is 1. The Hall–Kier alpha value is -5.76. The van der Waals surface area contributed by atoms with E-state index < -0.39 is 0 Å². The van der Waals surface area contributed by atoms with Crippen molar-refractivity contribution in [3.8, 4) is 22.8 Å². The molecule has 6 aromatic heterocycles. The van der Waals surface area contributed by atoms with Gasteiger partial charge < -0.3 is 35.7 Å². The van der Waals surface area contributed by atoms with Crippen molar-refractivity contribution >= 4 is 58.8 Å². The van der Waals surface area contributed by atoms with Gasteiger partial charge in [-0.05, 0) is 29.7 Å². The largest absolute Gasteiger partial charge is 1.00 e. The van der Waals surface area contributed by atoms with E-state index in [2.05, 4.69) is 71.0 Å². The van der Waals surface area contributed by atoms with Gasteiger partial charge in [0, 0.05) is 83.6 Å². The van der Waals surface area contributed by atoms with E-state index in [0.717, 1.165) is 22.3 Å². The van der Waals surface area contributed by atoms with Crippen molar-refractivity contribution in [3.05, 3.63) is 118 Å². The Kier molecular flexibility index (Phi) is 19.8. The molecule has 0 radical (unpaired) electrons. The summed E-state index contributed by atoms with van der Waals surface area (Å²) in [6, 6.07) is 14.7. The van der Waals surface area contributed by atoms with Crippen LogP contribution in [-0.4, -0.2) is 87.3 Å². The van der Waals surface area contributed by atoms with E-state index in [-0.39, 0.29) is 91.5 Å². The van der Waals surface area contributed by atoms with Gasteiger partial charge in [-0.25, -0.2) is 24.9 Å². The molecule has 0 bridgehead atoms. The quantitative estimate of drug-likeness (QED) is 0.0886. The molecule has 6 heterocycles. The molecular formula is C43H47Cl2KN17O5-. The summed E-state index contributed by atoms with van der Waals surface area (Å²) in [6.45, 7) is 12.0. The van der Waals surface area contributed by atoms with Crippen molar-refractivity contribution in [3.63, 3.8) is 0 Å². The number of halogens is 2. The number of benzene rings is 2. The zero-order chi connectivity index (χ0) is 47.6. The van der Waals surface area contributed by atoms with E-state index in [0.29, 0.717) is 70.0 Å². The van der Waals surface area contributed by atoms with Crippen LogP contribution in [0.25, 0.3) is 22.8 Å². The van der Waals surface area contributed by atoms with E-state index in [9.17, 15) is 9.59 Å². The van der Waals surface area contributed by atoms with Crippen LogP contribution in [-0.2, 0) is 42.7 Å². The summed E-state index contributed by atoms with van der Waals surface area (Å²) in [5.41, 5.74) is 8.33. The first-order chi connectivity index (χ1) is 31.4. The summed E-state index contributed by atoms with van der Waals surface area (Å²) in [7, 11) is 3.66. The molecule has 350 valence electrons. The number of nitrogens with one attached hydrogen (secondary N) is 2. The molecule has 0 aliphatic carbocycles. The Morgan fingerprint density at radius 3 is 1.59 bits per heavy atom. The van der Waals surface area contributed by atoms with Crippen molar-refractivity contribution in [2.24, 2.45) is 19.8 Å². The smallest absolute Gasteiger partial charge is 0.870 e. The number of aryl methyl sites for hydroxylation is 3. The molecule has 8 aromatic rings. The van der Waals surface area contributed by atoms with Crippen molar-refractivity contribution < 1.29 is 75.5 Å². The minimum Gasteiger partial charge on any atom is -0.870 e. The molecule has 0 unspecified atom stereocenters. The van der Waals surface area contributed by atoms with E-state index in [1.165, 1.54) is 12.7 Å². The molecule has 0 spiro atoms. The van der Waals surface area contributed by atoms with Gasteiger partial charge in [0.1, 0.15) is 12.7 Å². The summed E-state index contributed by atoms with van der Waals surface area (Å²) in [5.74, 6) is 3.84. The van der Waals surface area contributed by atoms with Gasteiger partial charge in [-0.1, -0.05) is 99.3 Å². The molecule has 0 saturated heterocycles. The molecule has 0 atom stereocenters. The predicted molar refractivity (Wildman–Crippen MR) is 247 cm³/mol. The van der Waals surface area contributed by atoms with E-state index in [1.807, 2.05) is 104 Å². The molecule has 2 aromatic carbocycles. The normalized spacial score (nSPS) is 10.9. The molecule has 0 aliphatic heterocycles. The summed E-state index contributed by atoms with van der Waals surface area (Å²) < 4.78 is 13.4. The number of ketones is 1. The minimum absolute atomic E-state index is 0. The molecular weight excluding hydrogens is 945 g/mol. The van der Waals surface area contributed by atoms with Gasteiger partial charge in [-0.15, -0.1) is 0 Å². The van der Waals surface area contributed by atoms with Crippen LogP contribution < -0.4 is 67.8 Å². The van der Waals surface area contributed by atoms with Crippen LogP contribution in [0.15, 0.2) is 82.6 Å². The molecule has 68 heavy (non-hydrogen) atoms. The SMILES string of the molecule is CC(C)(C)c1nc([C-]=O)no1.Cn1ccc(Nc2ncnc(-c3ccc(CCC(=O)c4noc(C(C)(C)C)n4)c(Cl)c3)n2)n1.Cn1ccc(Nc2ncnc(-c3ccc(CN)c(Cl)c3)n2)n1.[K+].[OH-]. The molecule has 5 N–H and O–H groups in total. The van der Waals surface area contributed by atoms with E-state index in [4.69, 9.17) is 38.0 Å². The van der Waals surface area contributed by atoms with Crippen molar-refractivity contribution in [1.82, 2.24) is 69.7 Å². The number of nitrogens with two attached hydrogens (primary N) is 1. The second-order valence-corrected chi connectivity index (χ2v) is 17.3. The van der Waals surface area contributed by atoms with Gasteiger partial charge in [0.25, 0.3) is 0 Å². The van der Waals surface area contributed by atoms with Crippen LogP contribution in [0, 0.1) is 0 Å². The first-order valence-corrected chi connectivity index (χ1v) is 20.9. The molecule has 0 aliphatic rings. The third-order valence-electron chi connectivity index (χ3n) is 8.99. The van der Waals surface area contributed by atoms with Crippen molar-refractivity contribution in [2.45, 2.75) is 71.8 Å². The fourth-order valence-corrected chi connectivity index (χ4v) is 6.03. The summed E-state index contributed by atoms with van der Waals surface area (Å²) in [5, 5.41) is 22.8. The topological polar surface area (TPSA) is 305 Å². The average Bonchev–Trinajstić information content (AvgIpc) is 4.12. The minimum atomic E-state index is -0.313. The Bertz CT molecular complexity index is 2920. The summed E-state index contributed by atoms with van der Waals surface area (Å²) >= 11 is 12.7. The maximum atomic E-state index is 12.5. The van der Waals surface area contributed by atoms with Gasteiger partial charge in [0.05, 0.1) is 5.82 Å². The number of nitrogens with zero attached hydrogens (tertiary/aromatic N) is 14. The number of carbonyl (C=O) groups excluding carboxylic acids is 2. The second kappa shape index (κ2) is 24.5. The third-order valence-corrected chi connectivity index (χ3v) is 9.69. The summed E-state index contributed by atoms with van der Waals surface area (Å²) in [6.07, 6.45) is 8.72. The van der Waals surface area contributed by atoms with Gasteiger partial charge in [0.15, 0.2) is 23.3 Å². The van der Waals surface area contributed by atoms with Gasteiger partial charge in [-0.2, -0.15) is 31.4 Å². The Balaban J connectivity index is 0.000000248. The average molecular weight is 992 g/mol. The van der Waals surface area contributed by atoms with Crippen LogP contribution in [0.3, 0.4) is 0 Å². The fraction of sp³-hybridized carbons (Fsp3) is 0.302. The first-order valence-electron chi connectivity index (χ1n) is 20.2. The zero-order valence-corrected chi connectivity index (χ0v) is 43.4. The standard InChI is InChI=1S/C22H23ClN8O2.C14H14ClN7.C7H9N2O2.K.H2O/c1-22(2,3)20-27-19(30-33-20)16(32)8-7-13-5-6-14(11-15(13)23)18-24-12-25-21(28-18)26-17-9-10-31(4)29-17;1-22-5-4-12(21-22)19-14-18-8-17-13(20-14)9-2-3-10(7-16)11(15)6-9;1-7(2,3)6-8-5(4-10)9-11-6;;/h5-6,9-12H,7-8H2,1-4H3,(H,24,25,26,28,29);2-6,8H,7,16H2,1H3,(H,17,18,19,20,21);1-3H3;;1H2/q;;-1;+1;/p-1. The van der Waals surface area contributed by atoms with Crippen LogP contribution in [0.1, 0.15) is 87.3 Å². The zero-order valence-electron chi connectivity index (χ0n) is 38.7. The molecule has 0 fully saturated rings. The molecule has 8 rings (SSSR count). The van der Waals surface area contributed by atoms with Gasteiger partial charge >= 0.3 is 51.4 Å². The van der Waals surface area contributed by atoms with Gasteiger partial charge in [-0.3, -0.25) is 14.2 Å². The third kappa shape index (κ3) is 15.4. The van der Waals surface area contributed by atoms with Crippen LogP contribution in [0.5, 0.6) is 0 Å². The van der Waals surface area contributed by atoms with Gasteiger partial charge in [0.2, 0.25) is 35.3 Å². The number of hydrogen-bond donors (Lipinski definition) is 3. The Labute approximate surface area is 443 Å². The molecule has 0 saturated carbocycles. The first kappa shape index (κ1) is 54.8. The number of carbonyl (C=O) groups is 1. The number of hydrogen-bond acceptors (Lipinski definition) is 20. The van der Waals surface area contributed by atoms with E-state index in [1.54, 1.807) is 27.8 Å². The Morgan fingerprint density at radius 2 is 1.19 bits per heavy atom. The Morgan fingerprint density at radius 1 is 0.706 bits per heavy atom. The molecule has 0 amide bonds.